The Morgan fingerprint density at radius 1 is 1.41 bits per heavy atom. The Morgan fingerprint density at radius 2 is 2.00 bits per heavy atom. The maximum atomic E-state index is 11.8. The van der Waals surface area contributed by atoms with Crippen LogP contribution >= 0.6 is 0 Å². The summed E-state index contributed by atoms with van der Waals surface area (Å²) < 4.78 is 0. The number of carboxylic acid groups (broad SMARTS) is 1. The van der Waals surface area contributed by atoms with Crippen LogP contribution in [-0.2, 0) is 4.79 Å². The molecule has 1 rings (SSSR count). The van der Waals surface area contributed by atoms with Crippen LogP contribution in [0.4, 0.5) is 4.79 Å². The highest BCUT2D eigenvalue weighted by Crippen LogP contribution is 2.23. The molecule has 1 atom stereocenters. The SMILES string of the molecule is CC(C)C[C@@H](NC(=O)N(C)C1CCC1)C(=O)O. The molecule has 0 bridgehead atoms. The molecule has 0 saturated heterocycles. The normalized spacial score (nSPS) is 17.4. The molecule has 98 valence electrons. The Morgan fingerprint density at radius 3 is 2.35 bits per heavy atom. The molecule has 1 saturated carbocycles. The number of rotatable bonds is 5. The van der Waals surface area contributed by atoms with Gasteiger partial charge in [0, 0.05) is 13.1 Å². The molecular formula is C12H22N2O3. The van der Waals surface area contributed by atoms with Gasteiger partial charge in [-0.25, -0.2) is 9.59 Å². The number of carbonyl (C=O) groups is 2. The number of aliphatic carboxylic acids is 1. The van der Waals surface area contributed by atoms with E-state index in [1.54, 1.807) is 11.9 Å². The molecule has 5 heteroatoms. The number of carbonyl (C=O) groups excluding carboxylic acids is 1. The number of amides is 2. The summed E-state index contributed by atoms with van der Waals surface area (Å²) in [5.74, 6) is -0.723. The summed E-state index contributed by atoms with van der Waals surface area (Å²) in [4.78, 5) is 24.5. The van der Waals surface area contributed by atoms with E-state index >= 15 is 0 Å². The van der Waals surface area contributed by atoms with Crippen molar-refractivity contribution in [2.45, 2.75) is 51.6 Å². The van der Waals surface area contributed by atoms with Crippen LogP contribution in [0.15, 0.2) is 0 Å². The van der Waals surface area contributed by atoms with Crippen molar-refractivity contribution in [2.24, 2.45) is 5.92 Å². The Hall–Kier alpha value is -1.26. The lowest BCUT2D eigenvalue weighted by molar-refractivity contribution is -0.139. The number of hydrogen-bond acceptors (Lipinski definition) is 2. The van der Waals surface area contributed by atoms with Gasteiger partial charge in [-0.15, -0.1) is 0 Å². The molecule has 0 aromatic rings. The number of nitrogens with one attached hydrogen (secondary N) is 1. The second-order valence-corrected chi connectivity index (χ2v) is 5.17. The Labute approximate surface area is 102 Å². The fraction of sp³-hybridized carbons (Fsp3) is 0.833. The van der Waals surface area contributed by atoms with Crippen molar-refractivity contribution in [2.75, 3.05) is 7.05 Å². The van der Waals surface area contributed by atoms with E-state index in [0.717, 1.165) is 19.3 Å². The topological polar surface area (TPSA) is 69.6 Å². The third-order valence-corrected chi connectivity index (χ3v) is 3.25. The summed E-state index contributed by atoms with van der Waals surface area (Å²) in [5, 5.41) is 11.6. The molecule has 1 aliphatic rings. The lowest BCUT2D eigenvalue weighted by atomic mass is 9.92. The summed E-state index contributed by atoms with van der Waals surface area (Å²) in [6.07, 6.45) is 3.65. The largest absolute Gasteiger partial charge is 0.480 e. The first kappa shape index (κ1) is 13.8. The van der Waals surface area contributed by atoms with Crippen molar-refractivity contribution < 1.29 is 14.7 Å². The van der Waals surface area contributed by atoms with Gasteiger partial charge >= 0.3 is 12.0 Å². The zero-order valence-electron chi connectivity index (χ0n) is 10.8. The molecule has 17 heavy (non-hydrogen) atoms. The van der Waals surface area contributed by atoms with Gasteiger partial charge in [0.15, 0.2) is 0 Å². The van der Waals surface area contributed by atoms with Crippen molar-refractivity contribution in [3.63, 3.8) is 0 Å². The lowest BCUT2D eigenvalue weighted by Crippen LogP contribution is -2.51. The predicted octanol–water partition coefficient (Wildman–Crippen LogP) is 1.68. The van der Waals surface area contributed by atoms with Crippen LogP contribution in [0.1, 0.15) is 39.5 Å². The minimum atomic E-state index is -0.964. The van der Waals surface area contributed by atoms with E-state index in [1.165, 1.54) is 0 Å². The van der Waals surface area contributed by atoms with E-state index in [-0.39, 0.29) is 18.0 Å². The molecule has 0 unspecified atom stereocenters. The van der Waals surface area contributed by atoms with Crippen LogP contribution in [0.2, 0.25) is 0 Å². The fourth-order valence-corrected chi connectivity index (χ4v) is 1.88. The average molecular weight is 242 g/mol. The minimum Gasteiger partial charge on any atom is -0.480 e. The molecule has 0 aromatic carbocycles. The smallest absolute Gasteiger partial charge is 0.326 e. The summed E-state index contributed by atoms with van der Waals surface area (Å²) in [6, 6.07) is -0.781. The first-order valence-electron chi connectivity index (χ1n) is 6.18. The van der Waals surface area contributed by atoms with E-state index in [0.29, 0.717) is 6.42 Å². The zero-order valence-corrected chi connectivity index (χ0v) is 10.8. The zero-order chi connectivity index (χ0) is 13.0. The summed E-state index contributed by atoms with van der Waals surface area (Å²) in [7, 11) is 1.73. The molecule has 2 amide bonds. The van der Waals surface area contributed by atoms with Gasteiger partial charge in [-0.3, -0.25) is 0 Å². The second kappa shape index (κ2) is 5.89. The molecule has 0 radical (unpaired) electrons. The molecule has 2 N–H and O–H groups in total. The van der Waals surface area contributed by atoms with Crippen LogP contribution in [0.5, 0.6) is 0 Å². The lowest BCUT2D eigenvalue weighted by Gasteiger charge is -2.35. The summed E-state index contributed by atoms with van der Waals surface area (Å²) in [6.45, 7) is 3.88. The highest BCUT2D eigenvalue weighted by atomic mass is 16.4. The first-order valence-corrected chi connectivity index (χ1v) is 6.18. The van der Waals surface area contributed by atoms with E-state index in [2.05, 4.69) is 5.32 Å². The third-order valence-electron chi connectivity index (χ3n) is 3.25. The number of carboxylic acids is 1. The molecule has 0 spiro atoms. The predicted molar refractivity (Wildman–Crippen MR) is 64.8 cm³/mol. The summed E-state index contributed by atoms with van der Waals surface area (Å²) in [5.41, 5.74) is 0. The van der Waals surface area contributed by atoms with Crippen molar-refractivity contribution in [3.8, 4) is 0 Å². The quantitative estimate of drug-likeness (QED) is 0.770. The maximum absolute atomic E-state index is 11.8. The highest BCUT2D eigenvalue weighted by Gasteiger charge is 2.28. The standard InChI is InChI=1S/C12H22N2O3/c1-8(2)7-10(11(15)16)13-12(17)14(3)9-5-4-6-9/h8-10H,4-7H2,1-3H3,(H,13,17)(H,15,16)/t10-/m1/s1. The number of nitrogens with zero attached hydrogens (tertiary/aromatic N) is 1. The molecule has 5 nitrogen and oxygen atoms in total. The molecular weight excluding hydrogens is 220 g/mol. The van der Waals surface area contributed by atoms with Gasteiger partial charge in [0.25, 0.3) is 0 Å². The summed E-state index contributed by atoms with van der Waals surface area (Å²) >= 11 is 0. The third kappa shape index (κ3) is 3.91. The Kier molecular flexibility index (Phi) is 4.78. The van der Waals surface area contributed by atoms with Gasteiger partial charge in [-0.1, -0.05) is 13.8 Å². The maximum Gasteiger partial charge on any atom is 0.326 e. The Balaban J connectivity index is 2.47. The van der Waals surface area contributed by atoms with Gasteiger partial charge in [-0.2, -0.15) is 0 Å². The molecule has 0 heterocycles. The highest BCUT2D eigenvalue weighted by molar-refractivity contribution is 5.82. The van der Waals surface area contributed by atoms with E-state index in [4.69, 9.17) is 5.11 Å². The van der Waals surface area contributed by atoms with Gasteiger partial charge in [-0.05, 0) is 31.6 Å². The van der Waals surface area contributed by atoms with Crippen molar-refractivity contribution >= 4 is 12.0 Å². The molecule has 0 aromatic heterocycles. The van der Waals surface area contributed by atoms with Gasteiger partial charge < -0.3 is 15.3 Å². The molecule has 0 aliphatic heterocycles. The minimum absolute atomic E-state index is 0.241. The van der Waals surface area contributed by atoms with Crippen LogP contribution in [0, 0.1) is 5.92 Å². The first-order chi connectivity index (χ1) is 7.91. The number of hydrogen-bond donors (Lipinski definition) is 2. The average Bonchev–Trinajstić information content (AvgIpc) is 2.12. The van der Waals surface area contributed by atoms with Crippen molar-refractivity contribution in [1.29, 1.82) is 0 Å². The van der Waals surface area contributed by atoms with Crippen LogP contribution < -0.4 is 5.32 Å². The van der Waals surface area contributed by atoms with E-state index < -0.39 is 12.0 Å². The van der Waals surface area contributed by atoms with E-state index in [9.17, 15) is 9.59 Å². The monoisotopic (exact) mass is 242 g/mol. The molecule has 1 fully saturated rings. The Bertz CT molecular complexity index is 287. The molecule has 1 aliphatic carbocycles. The van der Waals surface area contributed by atoms with E-state index in [1.807, 2.05) is 13.8 Å². The van der Waals surface area contributed by atoms with Gasteiger partial charge in [0.2, 0.25) is 0 Å². The number of urea groups is 1. The van der Waals surface area contributed by atoms with Crippen LogP contribution in [0.25, 0.3) is 0 Å². The van der Waals surface area contributed by atoms with Gasteiger partial charge in [0.1, 0.15) is 6.04 Å². The second-order valence-electron chi connectivity index (χ2n) is 5.17. The van der Waals surface area contributed by atoms with Crippen molar-refractivity contribution in [3.05, 3.63) is 0 Å². The van der Waals surface area contributed by atoms with Crippen LogP contribution in [0.3, 0.4) is 0 Å². The van der Waals surface area contributed by atoms with Crippen molar-refractivity contribution in [1.82, 2.24) is 10.2 Å². The fourth-order valence-electron chi connectivity index (χ4n) is 1.88. The van der Waals surface area contributed by atoms with Crippen LogP contribution in [-0.4, -0.2) is 41.1 Å². The van der Waals surface area contributed by atoms with Gasteiger partial charge in [0.05, 0.1) is 0 Å².